The summed E-state index contributed by atoms with van der Waals surface area (Å²) in [6.07, 6.45) is 0.941. The molecular weight excluding hydrogens is 372 g/mol. The average Bonchev–Trinajstić information content (AvgIpc) is 3.37. The summed E-state index contributed by atoms with van der Waals surface area (Å²) in [4.78, 5) is 17.3. The molecule has 4 rings (SSSR count). The Kier molecular flexibility index (Phi) is 4.56. The summed E-state index contributed by atoms with van der Waals surface area (Å²) in [6, 6.07) is 0. The van der Waals surface area contributed by atoms with Crippen molar-refractivity contribution < 1.29 is 20.1 Å². The zero-order chi connectivity index (χ0) is 19.2. The molecule has 5 N–H and O–H groups in total. The highest BCUT2D eigenvalue weighted by atomic mass is 32.1. The molecule has 0 spiro atoms. The summed E-state index contributed by atoms with van der Waals surface area (Å²) in [6.45, 7) is 1.09. The van der Waals surface area contributed by atoms with Crippen LogP contribution in [0.3, 0.4) is 0 Å². The predicted molar refractivity (Wildman–Crippen MR) is 96.9 cm³/mol. The van der Waals surface area contributed by atoms with Crippen LogP contribution in [0.2, 0.25) is 0 Å². The van der Waals surface area contributed by atoms with Gasteiger partial charge in [0, 0.05) is 24.4 Å². The number of nitrogens with zero attached hydrogens (tertiary/aromatic N) is 5. The molecule has 3 aromatic heterocycles. The first-order valence-electron chi connectivity index (χ1n) is 8.45. The van der Waals surface area contributed by atoms with Crippen LogP contribution in [0.1, 0.15) is 24.0 Å². The maximum atomic E-state index is 10.4. The van der Waals surface area contributed by atoms with Gasteiger partial charge in [0.25, 0.3) is 0 Å². The maximum Gasteiger partial charge on any atom is 0.167 e. The summed E-state index contributed by atoms with van der Waals surface area (Å²) in [5.41, 5.74) is 5.53. The highest BCUT2D eigenvalue weighted by molar-refractivity contribution is 7.09. The molecule has 11 heteroatoms. The molecule has 0 unspecified atom stereocenters. The van der Waals surface area contributed by atoms with E-state index in [0.29, 0.717) is 29.8 Å². The average molecular weight is 392 g/mol. The number of imidazole rings is 1. The Bertz CT molecular complexity index is 948. The van der Waals surface area contributed by atoms with Gasteiger partial charge < -0.3 is 25.8 Å². The molecule has 144 valence electrons. The van der Waals surface area contributed by atoms with E-state index in [4.69, 9.17) is 10.5 Å². The monoisotopic (exact) mass is 392 g/mol. The number of thiazole rings is 1. The van der Waals surface area contributed by atoms with Crippen LogP contribution in [0.15, 0.2) is 17.9 Å². The van der Waals surface area contributed by atoms with Crippen LogP contribution in [-0.2, 0) is 17.6 Å². The van der Waals surface area contributed by atoms with Crippen LogP contribution in [0.25, 0.3) is 11.2 Å². The first kappa shape index (κ1) is 18.2. The van der Waals surface area contributed by atoms with Crippen LogP contribution in [0.4, 0.5) is 5.82 Å². The second-order valence-corrected chi connectivity index (χ2v) is 7.67. The summed E-state index contributed by atoms with van der Waals surface area (Å²) < 4.78 is 7.25. The van der Waals surface area contributed by atoms with Crippen LogP contribution < -0.4 is 5.73 Å². The Morgan fingerprint density at radius 1 is 1.30 bits per heavy atom. The minimum Gasteiger partial charge on any atom is -0.393 e. The molecule has 10 nitrogen and oxygen atoms in total. The van der Waals surface area contributed by atoms with Crippen LogP contribution in [0, 0.1) is 0 Å². The smallest absolute Gasteiger partial charge is 0.167 e. The van der Waals surface area contributed by atoms with Gasteiger partial charge in [-0.1, -0.05) is 0 Å². The zero-order valence-corrected chi connectivity index (χ0v) is 15.4. The molecule has 27 heavy (non-hydrogen) atoms. The normalized spacial score (nSPS) is 28.2. The van der Waals surface area contributed by atoms with E-state index in [2.05, 4.69) is 19.9 Å². The van der Waals surface area contributed by atoms with Crippen molar-refractivity contribution in [2.45, 2.75) is 43.8 Å². The van der Waals surface area contributed by atoms with Gasteiger partial charge in [0.15, 0.2) is 17.7 Å². The molecule has 1 aliphatic heterocycles. The lowest BCUT2D eigenvalue weighted by Gasteiger charge is -2.24. The predicted octanol–water partition coefficient (Wildman–Crippen LogP) is -0.348. The molecule has 1 fully saturated rings. The Labute approximate surface area is 158 Å². The van der Waals surface area contributed by atoms with Gasteiger partial charge in [-0.05, 0) is 6.92 Å². The highest BCUT2D eigenvalue weighted by Crippen LogP contribution is 2.38. The number of hydrogen-bond donors (Lipinski definition) is 4. The van der Waals surface area contributed by atoms with Crippen molar-refractivity contribution in [2.75, 3.05) is 12.3 Å². The van der Waals surface area contributed by atoms with E-state index in [1.54, 1.807) is 17.5 Å². The summed E-state index contributed by atoms with van der Waals surface area (Å²) in [5.74, 6) is 0.751. The number of nitrogens with two attached hydrogens (primary N) is 1. The van der Waals surface area contributed by atoms with E-state index >= 15 is 0 Å². The van der Waals surface area contributed by atoms with Gasteiger partial charge in [-0.3, -0.25) is 4.57 Å². The fraction of sp³-hybridized carbons (Fsp3) is 0.500. The molecule has 0 radical (unpaired) electrons. The van der Waals surface area contributed by atoms with E-state index in [9.17, 15) is 15.3 Å². The van der Waals surface area contributed by atoms with E-state index in [-0.39, 0.29) is 5.82 Å². The summed E-state index contributed by atoms with van der Waals surface area (Å²) >= 11 is 1.56. The topological polar surface area (TPSA) is 152 Å². The lowest BCUT2D eigenvalue weighted by Crippen LogP contribution is -2.43. The fourth-order valence-electron chi connectivity index (χ4n) is 3.16. The zero-order valence-electron chi connectivity index (χ0n) is 14.6. The number of anilines is 1. The molecule has 3 aromatic rings. The minimum atomic E-state index is -1.28. The lowest BCUT2D eigenvalue weighted by atomic mass is 9.99. The molecule has 0 aliphatic carbocycles. The third kappa shape index (κ3) is 3.07. The number of aryl methyl sites for hydroxylation is 2. The van der Waals surface area contributed by atoms with Gasteiger partial charge in [0.05, 0.1) is 17.9 Å². The first-order chi connectivity index (χ1) is 12.9. The van der Waals surface area contributed by atoms with Crippen LogP contribution in [-0.4, -0.2) is 64.2 Å². The Hall–Kier alpha value is -2.18. The number of ether oxygens (including phenoxy) is 1. The quantitative estimate of drug-likeness (QED) is 0.456. The molecule has 4 atom stereocenters. The number of nitrogen functional groups attached to an aromatic ring is 1. The van der Waals surface area contributed by atoms with Crippen molar-refractivity contribution in [3.05, 3.63) is 28.7 Å². The van der Waals surface area contributed by atoms with Gasteiger partial charge in [0.2, 0.25) is 0 Å². The fourth-order valence-corrected chi connectivity index (χ4v) is 3.78. The molecule has 1 aliphatic rings. The molecule has 0 bridgehead atoms. The molecule has 4 heterocycles. The summed E-state index contributed by atoms with van der Waals surface area (Å²) in [7, 11) is 0. The van der Waals surface area contributed by atoms with E-state index in [1.165, 1.54) is 17.8 Å². The van der Waals surface area contributed by atoms with Crippen molar-refractivity contribution in [3.63, 3.8) is 0 Å². The molecular formula is C16H20N6O4S. The SMILES string of the molecule is C[C@]1(CO)O[C@@H](n2cnc3c(N)nc(CCc4nccs4)nc32)[C@H](O)[C@@H]1O. The number of rotatable bonds is 5. The van der Waals surface area contributed by atoms with Crippen LogP contribution in [0.5, 0.6) is 0 Å². The van der Waals surface area contributed by atoms with Crippen LogP contribution >= 0.6 is 11.3 Å². The number of fused-ring (bicyclic) bond motifs is 1. The van der Waals surface area contributed by atoms with E-state index in [1.807, 2.05) is 5.38 Å². The van der Waals surface area contributed by atoms with Crippen molar-refractivity contribution in [1.29, 1.82) is 0 Å². The minimum absolute atomic E-state index is 0.228. The lowest BCUT2D eigenvalue weighted by molar-refractivity contribution is -0.115. The van der Waals surface area contributed by atoms with Gasteiger partial charge in [-0.2, -0.15) is 0 Å². The third-order valence-electron chi connectivity index (χ3n) is 4.76. The second-order valence-electron chi connectivity index (χ2n) is 6.69. The molecule has 0 aromatic carbocycles. The van der Waals surface area contributed by atoms with Gasteiger partial charge in [0.1, 0.15) is 29.2 Å². The number of aliphatic hydroxyl groups excluding tert-OH is 3. The Morgan fingerprint density at radius 3 is 2.78 bits per heavy atom. The number of aromatic nitrogens is 5. The van der Waals surface area contributed by atoms with E-state index in [0.717, 1.165) is 5.01 Å². The Balaban J connectivity index is 1.68. The standard InChI is InChI=1S/C16H20N6O4S/c1-16(6-23)12(25)11(24)15(26-16)22-7-19-10-13(17)20-8(21-14(10)22)2-3-9-18-4-5-27-9/h4-5,7,11-12,15,23-25H,2-3,6H2,1H3,(H2,17,20,21)/t11-,12+,15-,16-/m1/s1. The Morgan fingerprint density at radius 2 is 2.11 bits per heavy atom. The molecule has 1 saturated heterocycles. The first-order valence-corrected chi connectivity index (χ1v) is 9.33. The van der Waals surface area contributed by atoms with Crippen molar-refractivity contribution in [2.24, 2.45) is 0 Å². The van der Waals surface area contributed by atoms with Gasteiger partial charge >= 0.3 is 0 Å². The highest BCUT2D eigenvalue weighted by Gasteiger charge is 2.52. The maximum absolute atomic E-state index is 10.4. The van der Waals surface area contributed by atoms with Crippen molar-refractivity contribution in [1.82, 2.24) is 24.5 Å². The second kappa shape index (κ2) is 6.77. The summed E-state index contributed by atoms with van der Waals surface area (Å²) in [5, 5.41) is 33.0. The van der Waals surface area contributed by atoms with E-state index < -0.39 is 30.6 Å². The van der Waals surface area contributed by atoms with Crippen molar-refractivity contribution >= 4 is 28.3 Å². The van der Waals surface area contributed by atoms with Crippen molar-refractivity contribution in [3.8, 4) is 0 Å². The molecule has 0 saturated carbocycles. The van der Waals surface area contributed by atoms with Gasteiger partial charge in [-0.15, -0.1) is 11.3 Å². The third-order valence-corrected chi connectivity index (χ3v) is 5.60. The molecule has 0 amide bonds. The number of aliphatic hydroxyl groups is 3. The number of hydrogen-bond acceptors (Lipinski definition) is 10. The van der Waals surface area contributed by atoms with Gasteiger partial charge in [-0.25, -0.2) is 19.9 Å². The largest absolute Gasteiger partial charge is 0.393 e.